The van der Waals surface area contributed by atoms with Crippen LogP contribution in [0.25, 0.3) is 16.6 Å². The molecule has 0 aliphatic carbocycles. The zero-order valence-electron chi connectivity index (χ0n) is 19.9. The van der Waals surface area contributed by atoms with Gasteiger partial charge >= 0.3 is 6.18 Å². The molecule has 1 atom stereocenters. The first-order valence-electron chi connectivity index (χ1n) is 11.6. The van der Waals surface area contributed by atoms with Crippen LogP contribution in [0.2, 0.25) is 0 Å². The van der Waals surface area contributed by atoms with Crippen molar-refractivity contribution < 1.29 is 27.8 Å². The minimum atomic E-state index is -4.00. The fourth-order valence-electron chi connectivity index (χ4n) is 3.90. The van der Waals surface area contributed by atoms with Crippen LogP contribution in [0.5, 0.6) is 5.75 Å². The maximum atomic E-state index is 10.7. The maximum Gasteiger partial charge on any atom is 0.386 e. The van der Waals surface area contributed by atoms with Gasteiger partial charge in [-0.15, -0.1) is 0 Å². The zero-order chi connectivity index (χ0) is 25.5. The minimum absolute atomic E-state index is 0.185. The Kier molecular flexibility index (Phi) is 8.12. The van der Waals surface area contributed by atoms with Crippen molar-refractivity contribution in [2.75, 3.05) is 37.8 Å². The van der Waals surface area contributed by atoms with Crippen molar-refractivity contribution in [1.82, 2.24) is 9.78 Å². The van der Waals surface area contributed by atoms with E-state index in [1.807, 2.05) is 77.6 Å². The lowest BCUT2D eigenvalue weighted by Gasteiger charge is -2.29. The van der Waals surface area contributed by atoms with Gasteiger partial charge in [0.15, 0.2) is 0 Å². The van der Waals surface area contributed by atoms with Gasteiger partial charge in [0.1, 0.15) is 18.5 Å². The van der Waals surface area contributed by atoms with E-state index >= 15 is 0 Å². The normalized spacial score (nSPS) is 14.8. The highest BCUT2D eigenvalue weighted by molar-refractivity contribution is 5.81. The SMILES string of the molecule is CC(F)(F)F.OC(COc1cccc(N2CCOCC2)c1)c1ccc2c(cnn2-c2ccccc2)c1. The highest BCUT2D eigenvalue weighted by Gasteiger charge is 2.16. The number of nitrogens with zero attached hydrogens (tertiary/aromatic N) is 3. The summed E-state index contributed by atoms with van der Waals surface area (Å²) in [5, 5.41) is 16.2. The summed E-state index contributed by atoms with van der Waals surface area (Å²) in [7, 11) is 0. The standard InChI is InChI=1S/C25H25N3O3.C2H3F3/c29-25(18-31-23-8-4-7-22(16-23)27-11-13-30-14-12-27)19-9-10-24-20(15-19)17-26-28(24)21-5-2-1-3-6-21;1-2(3,4)5/h1-10,15-17,25,29H,11-14,18H2;1H3. The van der Waals surface area contributed by atoms with E-state index in [9.17, 15) is 18.3 Å². The Balaban J connectivity index is 0.000000556. The van der Waals surface area contributed by atoms with Gasteiger partial charge < -0.3 is 19.5 Å². The number of aliphatic hydroxyl groups excluding tert-OH is 1. The number of ether oxygens (including phenoxy) is 2. The van der Waals surface area contributed by atoms with Gasteiger partial charge in [0.25, 0.3) is 0 Å². The number of morpholine rings is 1. The Hall–Kier alpha value is -3.56. The van der Waals surface area contributed by atoms with Crippen molar-refractivity contribution in [2.45, 2.75) is 19.2 Å². The van der Waals surface area contributed by atoms with Crippen LogP contribution in [0.4, 0.5) is 18.9 Å². The lowest BCUT2D eigenvalue weighted by Crippen LogP contribution is -2.36. The first kappa shape index (κ1) is 25.5. The highest BCUT2D eigenvalue weighted by atomic mass is 19.4. The third-order valence-electron chi connectivity index (χ3n) is 5.58. The Morgan fingerprint density at radius 1 is 0.972 bits per heavy atom. The molecule has 1 aromatic heterocycles. The van der Waals surface area contributed by atoms with Crippen LogP contribution >= 0.6 is 0 Å². The maximum absolute atomic E-state index is 10.7. The average molecular weight is 500 g/mol. The summed E-state index contributed by atoms with van der Waals surface area (Å²) in [6, 6.07) is 23.9. The van der Waals surface area contributed by atoms with E-state index in [1.165, 1.54) is 0 Å². The van der Waals surface area contributed by atoms with Crippen LogP contribution in [0.1, 0.15) is 18.6 Å². The van der Waals surface area contributed by atoms with Gasteiger partial charge in [-0.05, 0) is 42.0 Å². The third-order valence-corrected chi connectivity index (χ3v) is 5.58. The first-order chi connectivity index (χ1) is 17.3. The second-order valence-electron chi connectivity index (χ2n) is 8.41. The molecule has 1 N–H and O–H groups in total. The largest absolute Gasteiger partial charge is 0.490 e. The number of aromatic nitrogens is 2. The minimum Gasteiger partial charge on any atom is -0.490 e. The summed E-state index contributed by atoms with van der Waals surface area (Å²) in [5.41, 5.74) is 3.94. The summed E-state index contributed by atoms with van der Waals surface area (Å²) in [5.74, 6) is 0.751. The van der Waals surface area contributed by atoms with E-state index in [-0.39, 0.29) is 13.5 Å². The first-order valence-corrected chi connectivity index (χ1v) is 11.6. The van der Waals surface area contributed by atoms with Gasteiger partial charge in [-0.3, -0.25) is 0 Å². The van der Waals surface area contributed by atoms with Crippen molar-refractivity contribution in [1.29, 1.82) is 0 Å². The number of halogens is 3. The molecule has 1 aliphatic rings. The number of rotatable bonds is 6. The summed E-state index contributed by atoms with van der Waals surface area (Å²) < 4.78 is 44.3. The van der Waals surface area contributed by atoms with Gasteiger partial charge in [0, 0.05) is 37.2 Å². The molecule has 0 saturated carbocycles. The number of alkyl halides is 3. The molecule has 36 heavy (non-hydrogen) atoms. The lowest BCUT2D eigenvalue weighted by atomic mass is 10.1. The van der Waals surface area contributed by atoms with Gasteiger partial charge in [0.2, 0.25) is 0 Å². The molecular formula is C27H28F3N3O3. The zero-order valence-corrected chi connectivity index (χ0v) is 19.9. The van der Waals surface area contributed by atoms with Crippen molar-refractivity contribution in [3.05, 3.63) is 84.6 Å². The lowest BCUT2D eigenvalue weighted by molar-refractivity contribution is -0.110. The van der Waals surface area contributed by atoms with Crippen LogP contribution in [0.15, 0.2) is 79.0 Å². The second kappa shape index (κ2) is 11.5. The van der Waals surface area contributed by atoms with Gasteiger partial charge in [-0.2, -0.15) is 18.3 Å². The number of benzene rings is 3. The van der Waals surface area contributed by atoms with E-state index in [2.05, 4.69) is 16.1 Å². The highest BCUT2D eigenvalue weighted by Crippen LogP contribution is 2.25. The average Bonchev–Trinajstić information content (AvgIpc) is 3.31. The molecule has 1 unspecified atom stereocenters. The summed E-state index contributed by atoms with van der Waals surface area (Å²) in [6.07, 6.45) is -2.90. The Morgan fingerprint density at radius 3 is 2.39 bits per heavy atom. The number of para-hydroxylation sites is 1. The molecular weight excluding hydrogens is 471 g/mol. The fraction of sp³-hybridized carbons (Fsp3) is 0.296. The van der Waals surface area contributed by atoms with E-state index in [0.717, 1.165) is 59.9 Å². The van der Waals surface area contributed by atoms with Gasteiger partial charge in [-0.25, -0.2) is 4.68 Å². The molecule has 3 aromatic carbocycles. The van der Waals surface area contributed by atoms with Crippen LogP contribution in [0.3, 0.4) is 0 Å². The molecule has 4 aromatic rings. The number of anilines is 1. The van der Waals surface area contributed by atoms with Crippen LogP contribution in [-0.2, 0) is 4.74 Å². The monoisotopic (exact) mass is 499 g/mol. The van der Waals surface area contributed by atoms with Crippen LogP contribution < -0.4 is 9.64 Å². The number of hydrogen-bond donors (Lipinski definition) is 1. The topological polar surface area (TPSA) is 59.8 Å². The summed E-state index contributed by atoms with van der Waals surface area (Å²) >= 11 is 0. The van der Waals surface area contributed by atoms with Crippen LogP contribution in [0, 0.1) is 0 Å². The number of fused-ring (bicyclic) bond motifs is 1. The predicted molar refractivity (Wildman–Crippen MR) is 133 cm³/mol. The summed E-state index contributed by atoms with van der Waals surface area (Å²) in [6.45, 7) is 3.61. The number of hydrogen-bond acceptors (Lipinski definition) is 5. The van der Waals surface area contributed by atoms with E-state index < -0.39 is 12.3 Å². The molecule has 0 radical (unpaired) electrons. The Morgan fingerprint density at radius 2 is 1.67 bits per heavy atom. The van der Waals surface area contributed by atoms with Crippen molar-refractivity contribution in [3.63, 3.8) is 0 Å². The molecule has 2 heterocycles. The van der Waals surface area contributed by atoms with E-state index in [0.29, 0.717) is 0 Å². The molecule has 5 rings (SSSR count). The molecule has 0 bridgehead atoms. The Bertz CT molecular complexity index is 1250. The molecule has 0 amide bonds. The molecule has 190 valence electrons. The molecule has 1 aliphatic heterocycles. The van der Waals surface area contributed by atoms with Crippen molar-refractivity contribution in [3.8, 4) is 11.4 Å². The van der Waals surface area contributed by atoms with Crippen LogP contribution in [-0.4, -0.2) is 54.0 Å². The van der Waals surface area contributed by atoms with Crippen molar-refractivity contribution >= 4 is 16.6 Å². The van der Waals surface area contributed by atoms with E-state index in [4.69, 9.17) is 9.47 Å². The molecule has 1 saturated heterocycles. The second-order valence-corrected chi connectivity index (χ2v) is 8.41. The predicted octanol–water partition coefficient (Wildman–Crippen LogP) is 5.54. The molecule has 6 nitrogen and oxygen atoms in total. The molecule has 9 heteroatoms. The fourth-order valence-corrected chi connectivity index (χ4v) is 3.90. The molecule has 0 spiro atoms. The molecule has 1 fully saturated rings. The van der Waals surface area contributed by atoms with Gasteiger partial charge in [0.05, 0.1) is 30.6 Å². The third kappa shape index (κ3) is 6.99. The quantitative estimate of drug-likeness (QED) is 0.377. The Labute approximate surface area is 207 Å². The van der Waals surface area contributed by atoms with Crippen molar-refractivity contribution in [2.24, 2.45) is 0 Å². The smallest absolute Gasteiger partial charge is 0.386 e. The van der Waals surface area contributed by atoms with Gasteiger partial charge in [-0.1, -0.05) is 30.3 Å². The number of aliphatic hydroxyl groups is 1. The summed E-state index contributed by atoms with van der Waals surface area (Å²) in [4.78, 5) is 2.28. The van der Waals surface area contributed by atoms with E-state index in [1.54, 1.807) is 0 Å².